The van der Waals surface area contributed by atoms with E-state index in [0.717, 1.165) is 10.9 Å². The summed E-state index contributed by atoms with van der Waals surface area (Å²) in [5.74, 6) is -0.753. The van der Waals surface area contributed by atoms with Crippen LogP contribution in [-0.2, 0) is 14.3 Å². The van der Waals surface area contributed by atoms with Gasteiger partial charge in [0.1, 0.15) is 11.6 Å². The molecule has 134 valence electrons. The van der Waals surface area contributed by atoms with Crippen LogP contribution in [-0.4, -0.2) is 36.8 Å². The van der Waals surface area contributed by atoms with Crippen molar-refractivity contribution in [1.82, 2.24) is 5.32 Å². The smallest absolute Gasteiger partial charge is 0.336 e. The number of hydrogen-bond donors (Lipinski definition) is 3. The average Bonchev–Trinajstić information content (AvgIpc) is 2.57. The first-order valence-corrected chi connectivity index (χ1v) is 8.43. The molecule has 1 aromatic heterocycles. The van der Waals surface area contributed by atoms with Crippen molar-refractivity contribution in [3.63, 3.8) is 0 Å². The predicted molar refractivity (Wildman–Crippen MR) is 98.1 cm³/mol. The first kappa shape index (κ1) is 18.9. The monoisotopic (exact) mass is 364 g/mol. The van der Waals surface area contributed by atoms with Crippen LogP contribution >= 0.6 is 12.6 Å². The lowest BCUT2D eigenvalue weighted by molar-refractivity contribution is -0.146. The standard InChI is InChI=1S/C17H20N2O5S/c1-3-23-17(22)13(9-25)19-15(20)8-18-11-4-5-12-10(2)6-16(21)24-14(12)7-11/h4-7,13,18,25H,3,8-9H2,1-2H3,(H,19,20). The first-order valence-electron chi connectivity index (χ1n) is 7.79. The van der Waals surface area contributed by atoms with Gasteiger partial charge in [0.05, 0.1) is 13.2 Å². The minimum Gasteiger partial charge on any atom is -0.464 e. The third-order valence-corrected chi connectivity index (χ3v) is 3.86. The molecule has 0 saturated carbocycles. The molecule has 2 aromatic rings. The van der Waals surface area contributed by atoms with Crippen LogP contribution in [0.25, 0.3) is 11.0 Å². The summed E-state index contributed by atoms with van der Waals surface area (Å²) < 4.78 is 10.0. The molecule has 1 atom stereocenters. The highest BCUT2D eigenvalue weighted by atomic mass is 32.1. The number of thiol groups is 1. The van der Waals surface area contributed by atoms with Gasteiger partial charge in [-0.3, -0.25) is 4.79 Å². The number of benzene rings is 1. The van der Waals surface area contributed by atoms with Crippen molar-refractivity contribution >= 4 is 41.2 Å². The van der Waals surface area contributed by atoms with E-state index in [1.807, 2.05) is 13.0 Å². The lowest BCUT2D eigenvalue weighted by atomic mass is 10.1. The quantitative estimate of drug-likeness (QED) is 0.391. The number of hydrogen-bond acceptors (Lipinski definition) is 7. The van der Waals surface area contributed by atoms with Crippen molar-refractivity contribution < 1.29 is 18.7 Å². The van der Waals surface area contributed by atoms with E-state index in [1.54, 1.807) is 19.1 Å². The molecule has 0 bridgehead atoms. The second-order valence-electron chi connectivity index (χ2n) is 5.37. The summed E-state index contributed by atoms with van der Waals surface area (Å²) in [6, 6.07) is 5.87. The van der Waals surface area contributed by atoms with Crippen LogP contribution in [0.5, 0.6) is 0 Å². The normalized spacial score (nSPS) is 11.8. The third kappa shape index (κ3) is 4.99. The zero-order valence-electron chi connectivity index (χ0n) is 14.0. The molecule has 0 aliphatic heterocycles. The van der Waals surface area contributed by atoms with E-state index in [-0.39, 0.29) is 24.8 Å². The molecule has 0 radical (unpaired) electrons. The highest BCUT2D eigenvalue weighted by molar-refractivity contribution is 7.80. The van der Waals surface area contributed by atoms with Crippen molar-refractivity contribution in [1.29, 1.82) is 0 Å². The molecule has 7 nitrogen and oxygen atoms in total. The molecule has 1 aromatic carbocycles. The number of ether oxygens (including phenoxy) is 1. The van der Waals surface area contributed by atoms with Crippen LogP contribution < -0.4 is 16.3 Å². The Hall–Kier alpha value is -2.48. The zero-order chi connectivity index (χ0) is 18.4. The SMILES string of the molecule is CCOC(=O)C(CS)NC(=O)CNc1ccc2c(C)cc(=O)oc2c1. The molecule has 0 aliphatic rings. The summed E-state index contributed by atoms with van der Waals surface area (Å²) in [5, 5.41) is 6.30. The maximum atomic E-state index is 12.0. The number of nitrogens with one attached hydrogen (secondary N) is 2. The minimum absolute atomic E-state index is 0.0504. The molecule has 0 aliphatic carbocycles. The van der Waals surface area contributed by atoms with E-state index in [4.69, 9.17) is 9.15 Å². The number of esters is 1. The van der Waals surface area contributed by atoms with Gasteiger partial charge in [0.15, 0.2) is 0 Å². The number of carbonyl (C=O) groups excluding carboxylic acids is 2. The minimum atomic E-state index is -0.796. The van der Waals surface area contributed by atoms with Gasteiger partial charge in [0, 0.05) is 29.0 Å². The summed E-state index contributed by atoms with van der Waals surface area (Å²) in [6.07, 6.45) is 0. The number of aryl methyl sites for hydroxylation is 1. The van der Waals surface area contributed by atoms with E-state index in [1.165, 1.54) is 6.07 Å². The van der Waals surface area contributed by atoms with Gasteiger partial charge in [-0.15, -0.1) is 0 Å². The summed E-state index contributed by atoms with van der Waals surface area (Å²) in [5.41, 5.74) is 1.46. The molecule has 0 spiro atoms. The Balaban J connectivity index is 2.00. The first-order chi connectivity index (χ1) is 11.9. The molecule has 25 heavy (non-hydrogen) atoms. The van der Waals surface area contributed by atoms with E-state index in [0.29, 0.717) is 11.3 Å². The second kappa shape index (κ2) is 8.57. The molecule has 2 rings (SSSR count). The number of rotatable bonds is 7. The fourth-order valence-electron chi connectivity index (χ4n) is 2.28. The van der Waals surface area contributed by atoms with Gasteiger partial charge in [-0.05, 0) is 31.5 Å². The van der Waals surface area contributed by atoms with E-state index < -0.39 is 17.6 Å². The lowest BCUT2D eigenvalue weighted by Gasteiger charge is -2.15. The zero-order valence-corrected chi connectivity index (χ0v) is 14.9. The van der Waals surface area contributed by atoms with Crippen LogP contribution in [0.4, 0.5) is 5.69 Å². The Morgan fingerprint density at radius 1 is 1.32 bits per heavy atom. The van der Waals surface area contributed by atoms with Crippen molar-refractivity contribution in [2.45, 2.75) is 19.9 Å². The number of fused-ring (bicyclic) bond motifs is 1. The molecular formula is C17H20N2O5S. The molecule has 8 heteroatoms. The van der Waals surface area contributed by atoms with Gasteiger partial charge in [0.25, 0.3) is 0 Å². The Labute approximate surface area is 150 Å². The summed E-state index contributed by atoms with van der Waals surface area (Å²) in [7, 11) is 0. The molecule has 1 heterocycles. The van der Waals surface area contributed by atoms with Crippen LogP contribution in [0.15, 0.2) is 33.5 Å². The molecule has 0 saturated heterocycles. The Bertz CT molecular complexity index is 833. The average molecular weight is 364 g/mol. The predicted octanol–water partition coefficient (Wildman–Crippen LogP) is 1.49. The molecular weight excluding hydrogens is 344 g/mol. The van der Waals surface area contributed by atoms with E-state index >= 15 is 0 Å². The Morgan fingerprint density at radius 3 is 2.76 bits per heavy atom. The summed E-state index contributed by atoms with van der Waals surface area (Å²) >= 11 is 4.04. The van der Waals surface area contributed by atoms with E-state index in [2.05, 4.69) is 23.3 Å². The third-order valence-electron chi connectivity index (χ3n) is 3.49. The van der Waals surface area contributed by atoms with Crippen LogP contribution in [0.3, 0.4) is 0 Å². The molecule has 2 N–H and O–H groups in total. The van der Waals surface area contributed by atoms with Crippen LogP contribution in [0, 0.1) is 6.92 Å². The van der Waals surface area contributed by atoms with Gasteiger partial charge < -0.3 is 19.8 Å². The van der Waals surface area contributed by atoms with Crippen molar-refractivity contribution in [3.05, 3.63) is 40.2 Å². The summed E-state index contributed by atoms with van der Waals surface area (Å²) in [6.45, 7) is 3.70. The second-order valence-corrected chi connectivity index (χ2v) is 5.73. The largest absolute Gasteiger partial charge is 0.464 e. The maximum Gasteiger partial charge on any atom is 0.336 e. The highest BCUT2D eigenvalue weighted by Gasteiger charge is 2.20. The van der Waals surface area contributed by atoms with Crippen molar-refractivity contribution in [2.24, 2.45) is 0 Å². The van der Waals surface area contributed by atoms with Gasteiger partial charge in [-0.2, -0.15) is 12.6 Å². The maximum absolute atomic E-state index is 12.0. The fourth-order valence-corrected chi connectivity index (χ4v) is 2.52. The number of amides is 1. The number of carbonyl (C=O) groups is 2. The van der Waals surface area contributed by atoms with Gasteiger partial charge in [-0.25, -0.2) is 9.59 Å². The van der Waals surface area contributed by atoms with Crippen molar-refractivity contribution in [2.75, 3.05) is 24.2 Å². The number of anilines is 1. The Kier molecular flexibility index (Phi) is 6.46. The van der Waals surface area contributed by atoms with Crippen LogP contribution in [0.2, 0.25) is 0 Å². The van der Waals surface area contributed by atoms with Gasteiger partial charge in [-0.1, -0.05) is 0 Å². The lowest BCUT2D eigenvalue weighted by Crippen LogP contribution is -2.45. The fraction of sp³-hybridized carbons (Fsp3) is 0.353. The molecule has 1 unspecified atom stereocenters. The van der Waals surface area contributed by atoms with Gasteiger partial charge >= 0.3 is 11.6 Å². The summed E-state index contributed by atoms with van der Waals surface area (Å²) in [4.78, 5) is 35.1. The van der Waals surface area contributed by atoms with E-state index in [9.17, 15) is 14.4 Å². The Morgan fingerprint density at radius 2 is 2.08 bits per heavy atom. The topological polar surface area (TPSA) is 97.6 Å². The highest BCUT2D eigenvalue weighted by Crippen LogP contribution is 2.20. The van der Waals surface area contributed by atoms with Crippen LogP contribution in [0.1, 0.15) is 12.5 Å². The van der Waals surface area contributed by atoms with Crippen molar-refractivity contribution in [3.8, 4) is 0 Å². The molecule has 0 fully saturated rings. The molecule has 1 amide bonds. The van der Waals surface area contributed by atoms with Gasteiger partial charge in [0.2, 0.25) is 5.91 Å².